The van der Waals surface area contributed by atoms with Crippen LogP contribution in [0.5, 0.6) is 0 Å². The van der Waals surface area contributed by atoms with E-state index in [2.05, 4.69) is 41.4 Å². The number of hydrogen-bond donors (Lipinski definition) is 0. The lowest BCUT2D eigenvalue weighted by molar-refractivity contribution is -0.696. The van der Waals surface area contributed by atoms with Crippen molar-refractivity contribution in [2.75, 3.05) is 0 Å². The van der Waals surface area contributed by atoms with Crippen LogP contribution in [-0.4, -0.2) is 4.57 Å². The Morgan fingerprint density at radius 2 is 1.41 bits per heavy atom. The summed E-state index contributed by atoms with van der Waals surface area (Å²) in [4.78, 5) is 0. The molecular formula is C20H37N2+. The van der Waals surface area contributed by atoms with E-state index in [9.17, 15) is 0 Å². The van der Waals surface area contributed by atoms with E-state index in [1.807, 2.05) is 6.08 Å². The molecule has 0 aliphatic heterocycles. The van der Waals surface area contributed by atoms with Gasteiger partial charge in [0.25, 0.3) is 0 Å². The normalized spacial score (nSPS) is 11.0. The van der Waals surface area contributed by atoms with E-state index < -0.39 is 0 Å². The van der Waals surface area contributed by atoms with Crippen molar-refractivity contribution in [2.24, 2.45) is 0 Å². The molecule has 0 amide bonds. The number of nitrogens with zero attached hydrogens (tertiary/aromatic N) is 2. The first-order valence-electron chi connectivity index (χ1n) is 9.52. The quantitative estimate of drug-likeness (QED) is 0.224. The molecule has 2 nitrogen and oxygen atoms in total. The van der Waals surface area contributed by atoms with E-state index in [0.717, 1.165) is 13.1 Å². The summed E-state index contributed by atoms with van der Waals surface area (Å²) in [5.41, 5.74) is 0. The van der Waals surface area contributed by atoms with E-state index >= 15 is 0 Å². The van der Waals surface area contributed by atoms with Crippen LogP contribution >= 0.6 is 0 Å². The highest BCUT2D eigenvalue weighted by molar-refractivity contribution is 4.73. The third-order valence-electron chi connectivity index (χ3n) is 4.36. The first-order chi connectivity index (χ1) is 10.9. The van der Waals surface area contributed by atoms with Gasteiger partial charge in [-0.05, 0) is 12.8 Å². The highest BCUT2D eigenvalue weighted by atomic mass is 15.1. The summed E-state index contributed by atoms with van der Waals surface area (Å²) in [6.07, 6.45) is 25.4. The summed E-state index contributed by atoms with van der Waals surface area (Å²) in [6.45, 7) is 8.12. The van der Waals surface area contributed by atoms with E-state index in [4.69, 9.17) is 0 Å². The second kappa shape index (κ2) is 13.6. The van der Waals surface area contributed by atoms with Crippen molar-refractivity contribution in [2.45, 2.75) is 97.1 Å². The van der Waals surface area contributed by atoms with Crippen molar-refractivity contribution >= 4 is 0 Å². The third kappa shape index (κ3) is 9.81. The van der Waals surface area contributed by atoms with Crippen LogP contribution in [0, 0.1) is 0 Å². The van der Waals surface area contributed by atoms with Crippen LogP contribution in [0.3, 0.4) is 0 Å². The number of hydrogen-bond acceptors (Lipinski definition) is 0. The Bertz CT molecular complexity index is 368. The van der Waals surface area contributed by atoms with Crippen LogP contribution in [0.2, 0.25) is 0 Å². The largest absolute Gasteiger partial charge is 0.244 e. The average molecular weight is 306 g/mol. The fourth-order valence-electron chi connectivity index (χ4n) is 2.96. The van der Waals surface area contributed by atoms with Crippen LogP contribution in [-0.2, 0) is 13.1 Å². The maximum absolute atomic E-state index is 3.77. The van der Waals surface area contributed by atoms with Gasteiger partial charge in [-0.3, -0.25) is 0 Å². The predicted octanol–water partition coefficient (Wildman–Crippen LogP) is 5.66. The minimum atomic E-state index is 0.908. The van der Waals surface area contributed by atoms with Crippen molar-refractivity contribution in [3.05, 3.63) is 31.4 Å². The molecule has 0 spiro atoms. The van der Waals surface area contributed by atoms with E-state index in [-0.39, 0.29) is 0 Å². The number of aromatic nitrogens is 2. The number of aryl methyl sites for hydroxylation is 1. The van der Waals surface area contributed by atoms with Gasteiger partial charge >= 0.3 is 0 Å². The molecule has 1 rings (SSSR count). The lowest BCUT2D eigenvalue weighted by atomic mass is 10.1. The molecule has 2 heteroatoms. The SMILES string of the molecule is C=CCn1cc[n+](CCCCCCCCCCCCCC)c1. The zero-order valence-corrected chi connectivity index (χ0v) is 14.8. The van der Waals surface area contributed by atoms with E-state index in [1.54, 1.807) is 0 Å². The van der Waals surface area contributed by atoms with Crippen molar-refractivity contribution < 1.29 is 4.57 Å². The molecule has 1 heterocycles. The molecule has 126 valence electrons. The van der Waals surface area contributed by atoms with Gasteiger partial charge in [0.2, 0.25) is 6.33 Å². The minimum Gasteiger partial charge on any atom is -0.237 e. The molecule has 0 fully saturated rings. The Morgan fingerprint density at radius 3 is 1.95 bits per heavy atom. The van der Waals surface area contributed by atoms with Crippen LogP contribution < -0.4 is 4.57 Å². The topological polar surface area (TPSA) is 8.81 Å². The Balaban J connectivity index is 1.84. The molecule has 0 saturated heterocycles. The van der Waals surface area contributed by atoms with Gasteiger partial charge in [-0.1, -0.05) is 83.8 Å². The molecule has 0 radical (unpaired) electrons. The molecule has 1 aromatic rings. The monoisotopic (exact) mass is 305 g/mol. The molecule has 0 aliphatic carbocycles. The number of unbranched alkanes of at least 4 members (excludes halogenated alkanes) is 11. The second-order valence-electron chi connectivity index (χ2n) is 6.53. The first-order valence-corrected chi connectivity index (χ1v) is 9.52. The Labute approximate surface area is 138 Å². The number of rotatable bonds is 15. The maximum atomic E-state index is 3.77. The van der Waals surface area contributed by atoms with Crippen molar-refractivity contribution in [1.82, 2.24) is 4.57 Å². The molecule has 0 unspecified atom stereocenters. The number of allylic oxidation sites excluding steroid dienone is 1. The lowest BCUT2D eigenvalue weighted by Gasteiger charge is -2.02. The molecule has 22 heavy (non-hydrogen) atoms. The summed E-state index contributed by atoms with van der Waals surface area (Å²) in [5.74, 6) is 0. The molecular weight excluding hydrogens is 268 g/mol. The van der Waals surface area contributed by atoms with Gasteiger partial charge in [-0.25, -0.2) is 9.13 Å². The Hall–Kier alpha value is -1.05. The van der Waals surface area contributed by atoms with E-state index in [0.29, 0.717) is 0 Å². The standard InChI is InChI=1S/C20H37N2/c1-3-5-6-7-8-9-10-11-12-13-14-15-17-22-19-18-21(20-22)16-4-2/h4,18-20H,2-3,5-17H2,1H3/q+1. The van der Waals surface area contributed by atoms with Gasteiger partial charge in [-0.15, -0.1) is 0 Å². The Kier molecular flexibility index (Phi) is 11.7. The van der Waals surface area contributed by atoms with Gasteiger partial charge in [0.1, 0.15) is 18.9 Å². The number of imidazole rings is 1. The molecule has 0 aromatic carbocycles. The third-order valence-corrected chi connectivity index (χ3v) is 4.36. The van der Waals surface area contributed by atoms with Gasteiger partial charge < -0.3 is 0 Å². The van der Waals surface area contributed by atoms with Crippen molar-refractivity contribution in [3.8, 4) is 0 Å². The fourth-order valence-corrected chi connectivity index (χ4v) is 2.96. The summed E-state index contributed by atoms with van der Waals surface area (Å²) >= 11 is 0. The predicted molar refractivity (Wildman–Crippen MR) is 95.9 cm³/mol. The van der Waals surface area contributed by atoms with Crippen molar-refractivity contribution in [1.29, 1.82) is 0 Å². The van der Waals surface area contributed by atoms with Gasteiger partial charge in [-0.2, -0.15) is 0 Å². The molecule has 0 atom stereocenters. The van der Waals surface area contributed by atoms with E-state index in [1.165, 1.54) is 77.0 Å². The van der Waals surface area contributed by atoms with Gasteiger partial charge in [0.05, 0.1) is 6.54 Å². The zero-order chi connectivity index (χ0) is 15.9. The van der Waals surface area contributed by atoms with Crippen LogP contribution in [0.25, 0.3) is 0 Å². The molecule has 1 aromatic heterocycles. The smallest absolute Gasteiger partial charge is 0.237 e. The zero-order valence-electron chi connectivity index (χ0n) is 14.8. The van der Waals surface area contributed by atoms with Crippen LogP contribution in [0.1, 0.15) is 84.0 Å². The summed E-state index contributed by atoms with van der Waals surface area (Å²) in [5, 5.41) is 0. The van der Waals surface area contributed by atoms with Crippen LogP contribution in [0.15, 0.2) is 31.4 Å². The Morgan fingerprint density at radius 1 is 0.864 bits per heavy atom. The molecule has 0 aliphatic rings. The summed E-state index contributed by atoms with van der Waals surface area (Å²) in [7, 11) is 0. The highest BCUT2D eigenvalue weighted by Crippen LogP contribution is 2.11. The molecule has 0 saturated carbocycles. The summed E-state index contributed by atoms with van der Waals surface area (Å²) < 4.78 is 4.47. The van der Waals surface area contributed by atoms with Gasteiger partial charge in [0.15, 0.2) is 0 Å². The summed E-state index contributed by atoms with van der Waals surface area (Å²) in [6, 6.07) is 0. The molecule has 0 bridgehead atoms. The fraction of sp³-hybridized carbons (Fsp3) is 0.750. The van der Waals surface area contributed by atoms with Crippen molar-refractivity contribution in [3.63, 3.8) is 0 Å². The minimum absolute atomic E-state index is 0.908. The highest BCUT2D eigenvalue weighted by Gasteiger charge is 2.01. The molecule has 0 N–H and O–H groups in total. The van der Waals surface area contributed by atoms with Crippen LogP contribution in [0.4, 0.5) is 0 Å². The second-order valence-corrected chi connectivity index (χ2v) is 6.53. The van der Waals surface area contributed by atoms with Gasteiger partial charge in [0, 0.05) is 0 Å². The lowest BCUT2D eigenvalue weighted by Crippen LogP contribution is -2.30. The first kappa shape index (κ1) is 19.0. The maximum Gasteiger partial charge on any atom is 0.244 e. The average Bonchev–Trinajstić information content (AvgIpc) is 2.96.